The third kappa shape index (κ3) is 4.04. The highest BCUT2D eigenvalue weighted by molar-refractivity contribution is 5.99. The molecule has 9 heteroatoms. The maximum Gasteiger partial charge on any atom is 0.269 e. The number of carbonyl (C=O) groups excluding carboxylic acids is 2. The summed E-state index contributed by atoms with van der Waals surface area (Å²) in [5.41, 5.74) is 7.05. The molecule has 0 saturated heterocycles. The van der Waals surface area contributed by atoms with Crippen LogP contribution in [0.25, 0.3) is 0 Å². The molecule has 0 unspecified atom stereocenters. The van der Waals surface area contributed by atoms with E-state index in [-0.39, 0.29) is 13.4 Å². The van der Waals surface area contributed by atoms with Crippen LogP contribution in [0.1, 0.15) is 37.7 Å². The summed E-state index contributed by atoms with van der Waals surface area (Å²) in [5.74, 6) is 1.29. The largest absolute Gasteiger partial charge is 0.489 e. The molecule has 1 aliphatic rings. The van der Waals surface area contributed by atoms with Crippen molar-refractivity contribution in [1.29, 1.82) is 0 Å². The van der Waals surface area contributed by atoms with Gasteiger partial charge in [-0.1, -0.05) is 11.2 Å². The fourth-order valence-electron chi connectivity index (χ4n) is 2.89. The van der Waals surface area contributed by atoms with Gasteiger partial charge in [-0.25, -0.2) is 0 Å². The second-order valence-electron chi connectivity index (χ2n) is 6.60. The smallest absolute Gasteiger partial charge is 0.269 e. The Kier molecular flexibility index (Phi) is 5.25. The lowest BCUT2D eigenvalue weighted by molar-refractivity contribution is 0.0846. The molecule has 154 valence electrons. The molecule has 30 heavy (non-hydrogen) atoms. The normalized spacial score (nSPS) is 11.8. The lowest BCUT2D eigenvalue weighted by Gasteiger charge is -2.10. The first-order valence-electron chi connectivity index (χ1n) is 9.16. The number of aryl methyl sites for hydroxylation is 2. The van der Waals surface area contributed by atoms with Crippen LogP contribution in [0.3, 0.4) is 0 Å². The molecule has 3 aromatic rings. The first-order valence-corrected chi connectivity index (χ1v) is 9.16. The zero-order chi connectivity index (χ0) is 21.1. The summed E-state index contributed by atoms with van der Waals surface area (Å²) in [6, 6.07) is 11.4. The predicted octanol–water partition coefficient (Wildman–Crippen LogP) is 2.67. The Morgan fingerprint density at radius 3 is 2.47 bits per heavy atom. The number of hydrogen-bond acceptors (Lipinski definition) is 7. The summed E-state index contributed by atoms with van der Waals surface area (Å²) in [6.45, 7) is 4.03. The molecule has 2 heterocycles. The predicted molar refractivity (Wildman–Crippen MR) is 104 cm³/mol. The highest BCUT2D eigenvalue weighted by Gasteiger charge is 2.17. The summed E-state index contributed by atoms with van der Waals surface area (Å²) in [6.07, 6.45) is 0. The molecule has 0 fully saturated rings. The molecule has 0 atom stereocenters. The summed E-state index contributed by atoms with van der Waals surface area (Å²) in [5, 5.41) is 3.89. The highest BCUT2D eigenvalue weighted by Crippen LogP contribution is 2.32. The number of carbonyl (C=O) groups is 2. The zero-order valence-corrected chi connectivity index (χ0v) is 16.4. The first kappa shape index (κ1) is 19.3. The molecule has 0 radical (unpaired) electrons. The fourth-order valence-corrected chi connectivity index (χ4v) is 2.89. The molecule has 9 nitrogen and oxygen atoms in total. The molecule has 1 aromatic heterocycles. The molecule has 2 amide bonds. The van der Waals surface area contributed by atoms with Gasteiger partial charge in [-0.2, -0.15) is 0 Å². The van der Waals surface area contributed by atoms with E-state index in [1.807, 2.05) is 13.8 Å². The molecule has 0 aliphatic carbocycles. The summed E-state index contributed by atoms with van der Waals surface area (Å²) < 4.78 is 21.3. The van der Waals surface area contributed by atoms with E-state index in [0.717, 1.165) is 11.3 Å². The number of nitrogens with one attached hydrogen (secondary N) is 2. The van der Waals surface area contributed by atoms with Crippen LogP contribution in [-0.2, 0) is 6.61 Å². The van der Waals surface area contributed by atoms with Gasteiger partial charge in [0.1, 0.15) is 18.1 Å². The van der Waals surface area contributed by atoms with Crippen molar-refractivity contribution in [2.75, 3.05) is 6.79 Å². The number of hydrazine groups is 1. The molecular weight excluding hydrogens is 390 g/mol. The Hall–Kier alpha value is -4.01. The molecular formula is C21H19N3O6. The van der Waals surface area contributed by atoms with E-state index in [1.165, 1.54) is 0 Å². The van der Waals surface area contributed by atoms with Gasteiger partial charge in [-0.05, 0) is 50.2 Å². The van der Waals surface area contributed by atoms with Gasteiger partial charge in [0.05, 0.1) is 11.3 Å². The first-order chi connectivity index (χ1) is 14.5. The average molecular weight is 409 g/mol. The minimum absolute atomic E-state index is 0.117. The van der Waals surface area contributed by atoms with Crippen LogP contribution in [0.2, 0.25) is 0 Å². The monoisotopic (exact) mass is 409 g/mol. The van der Waals surface area contributed by atoms with E-state index >= 15 is 0 Å². The van der Waals surface area contributed by atoms with Crippen LogP contribution in [0.5, 0.6) is 17.2 Å². The SMILES string of the molecule is Cc1noc(C)c1COc1cccc(C(=O)NNC(=O)c2ccc3c(c2)OCO3)c1. The van der Waals surface area contributed by atoms with Gasteiger partial charge in [0.2, 0.25) is 6.79 Å². The summed E-state index contributed by atoms with van der Waals surface area (Å²) in [7, 11) is 0. The number of hydrogen-bond donors (Lipinski definition) is 2. The van der Waals surface area contributed by atoms with Crippen LogP contribution in [0.15, 0.2) is 47.0 Å². The number of benzene rings is 2. The van der Waals surface area contributed by atoms with Gasteiger partial charge in [-0.3, -0.25) is 20.4 Å². The number of nitrogens with zero attached hydrogens (tertiary/aromatic N) is 1. The summed E-state index contributed by atoms with van der Waals surface area (Å²) in [4.78, 5) is 24.7. The Balaban J connectivity index is 1.35. The van der Waals surface area contributed by atoms with E-state index in [0.29, 0.717) is 34.1 Å². The Labute approximate surface area is 171 Å². The van der Waals surface area contributed by atoms with Crippen molar-refractivity contribution in [3.05, 3.63) is 70.6 Å². The topological polar surface area (TPSA) is 112 Å². The minimum atomic E-state index is -0.480. The zero-order valence-electron chi connectivity index (χ0n) is 16.4. The lowest BCUT2D eigenvalue weighted by Crippen LogP contribution is -2.41. The second kappa shape index (κ2) is 8.16. The number of rotatable bonds is 5. The van der Waals surface area contributed by atoms with Gasteiger partial charge in [-0.15, -0.1) is 0 Å². The standard InChI is InChI=1S/C21H19N3O6/c1-12-17(13(2)30-24-12)10-27-16-5-3-4-14(8-16)20(25)22-23-21(26)15-6-7-18-19(9-15)29-11-28-18/h3-9H,10-11H2,1-2H3,(H,22,25)(H,23,26). The van der Waals surface area contributed by atoms with E-state index in [9.17, 15) is 9.59 Å². The van der Waals surface area contributed by atoms with Crippen LogP contribution >= 0.6 is 0 Å². The number of amides is 2. The number of aromatic nitrogens is 1. The van der Waals surface area contributed by atoms with Gasteiger partial charge < -0.3 is 18.7 Å². The van der Waals surface area contributed by atoms with Crippen molar-refractivity contribution in [3.8, 4) is 17.2 Å². The van der Waals surface area contributed by atoms with E-state index in [1.54, 1.807) is 42.5 Å². The van der Waals surface area contributed by atoms with Gasteiger partial charge in [0.25, 0.3) is 11.8 Å². The maximum absolute atomic E-state index is 12.4. The fraction of sp³-hybridized carbons (Fsp3) is 0.190. The third-order valence-corrected chi connectivity index (χ3v) is 4.58. The second-order valence-corrected chi connectivity index (χ2v) is 6.60. The Morgan fingerprint density at radius 1 is 1.00 bits per heavy atom. The van der Waals surface area contributed by atoms with Crippen molar-refractivity contribution >= 4 is 11.8 Å². The van der Waals surface area contributed by atoms with Crippen LogP contribution in [0, 0.1) is 13.8 Å². The highest BCUT2D eigenvalue weighted by atomic mass is 16.7. The number of ether oxygens (including phenoxy) is 3. The molecule has 0 bridgehead atoms. The third-order valence-electron chi connectivity index (χ3n) is 4.58. The van der Waals surface area contributed by atoms with Gasteiger partial charge >= 0.3 is 0 Å². The van der Waals surface area contributed by atoms with Crippen molar-refractivity contribution in [2.45, 2.75) is 20.5 Å². The lowest BCUT2D eigenvalue weighted by atomic mass is 10.2. The molecule has 1 aliphatic heterocycles. The quantitative estimate of drug-likeness (QED) is 0.623. The maximum atomic E-state index is 12.4. The Bertz CT molecular complexity index is 1090. The molecule has 0 saturated carbocycles. The van der Waals surface area contributed by atoms with Crippen molar-refractivity contribution < 1.29 is 28.3 Å². The van der Waals surface area contributed by atoms with Crippen molar-refractivity contribution in [3.63, 3.8) is 0 Å². The van der Waals surface area contributed by atoms with Crippen LogP contribution in [0.4, 0.5) is 0 Å². The van der Waals surface area contributed by atoms with E-state index < -0.39 is 11.8 Å². The van der Waals surface area contributed by atoms with Gasteiger partial charge in [0, 0.05) is 11.1 Å². The molecule has 2 aromatic carbocycles. The minimum Gasteiger partial charge on any atom is -0.489 e. The average Bonchev–Trinajstić information content (AvgIpc) is 3.36. The van der Waals surface area contributed by atoms with Crippen LogP contribution in [-0.4, -0.2) is 23.8 Å². The van der Waals surface area contributed by atoms with Crippen LogP contribution < -0.4 is 25.1 Å². The Morgan fingerprint density at radius 2 is 1.73 bits per heavy atom. The summed E-state index contributed by atoms with van der Waals surface area (Å²) >= 11 is 0. The molecule has 4 rings (SSSR count). The van der Waals surface area contributed by atoms with Gasteiger partial charge in [0.15, 0.2) is 11.5 Å². The molecule has 2 N–H and O–H groups in total. The van der Waals surface area contributed by atoms with Crippen molar-refractivity contribution in [2.24, 2.45) is 0 Å². The van der Waals surface area contributed by atoms with Crippen molar-refractivity contribution in [1.82, 2.24) is 16.0 Å². The van der Waals surface area contributed by atoms with E-state index in [2.05, 4.69) is 16.0 Å². The molecule has 0 spiro atoms. The number of fused-ring (bicyclic) bond motifs is 1. The van der Waals surface area contributed by atoms with E-state index in [4.69, 9.17) is 18.7 Å².